The molecule has 0 bridgehead atoms. The fourth-order valence-corrected chi connectivity index (χ4v) is 2.29. The average Bonchev–Trinajstić information content (AvgIpc) is 2.64. The number of aromatic nitrogens is 1. The van der Waals surface area contributed by atoms with E-state index < -0.39 is 11.7 Å². The van der Waals surface area contributed by atoms with Gasteiger partial charge in [-0.25, -0.2) is 4.39 Å². The van der Waals surface area contributed by atoms with Crippen molar-refractivity contribution in [2.75, 3.05) is 13.2 Å². The van der Waals surface area contributed by atoms with E-state index in [1.54, 1.807) is 7.05 Å². The Balaban J connectivity index is 1.71. The van der Waals surface area contributed by atoms with Gasteiger partial charge in [0.05, 0.1) is 10.6 Å². The Hall–Kier alpha value is -3.13. The molecule has 0 saturated carbocycles. The van der Waals surface area contributed by atoms with Gasteiger partial charge in [-0.15, -0.1) is 0 Å². The molecule has 2 rings (SSSR count). The summed E-state index contributed by atoms with van der Waals surface area (Å²) in [6, 6.07) is 6.60. The van der Waals surface area contributed by atoms with E-state index in [-0.39, 0.29) is 35.4 Å². The van der Waals surface area contributed by atoms with Crippen molar-refractivity contribution in [2.45, 2.75) is 6.42 Å². The molecule has 2 amide bonds. The maximum Gasteiger partial charge on any atom is 0.262 e. The van der Waals surface area contributed by atoms with Gasteiger partial charge in [0.15, 0.2) is 6.61 Å². The Morgan fingerprint density at radius 1 is 1.29 bits per heavy atom. The van der Waals surface area contributed by atoms with Crippen molar-refractivity contribution in [3.63, 3.8) is 0 Å². The third-order valence-electron chi connectivity index (χ3n) is 3.64. The van der Waals surface area contributed by atoms with Crippen LogP contribution >= 0.6 is 11.6 Å². The minimum absolute atomic E-state index is 0.0371. The monoisotopic (exact) mass is 407 g/mol. The van der Waals surface area contributed by atoms with Crippen molar-refractivity contribution >= 4 is 23.4 Å². The second-order valence-electron chi connectivity index (χ2n) is 5.89. The average molecular weight is 408 g/mol. The quantitative estimate of drug-likeness (QED) is 0.700. The summed E-state index contributed by atoms with van der Waals surface area (Å²) in [5.41, 5.74) is 0.521. The molecule has 2 aromatic rings. The van der Waals surface area contributed by atoms with Gasteiger partial charge in [0.2, 0.25) is 5.56 Å². The van der Waals surface area contributed by atoms with E-state index >= 15 is 0 Å². The minimum Gasteiger partial charge on any atom is -0.484 e. The first-order valence-corrected chi connectivity index (χ1v) is 8.64. The highest BCUT2D eigenvalue weighted by atomic mass is 35.5. The van der Waals surface area contributed by atoms with Gasteiger partial charge < -0.3 is 19.9 Å². The first kappa shape index (κ1) is 21.2. The van der Waals surface area contributed by atoms with Gasteiger partial charge in [-0.2, -0.15) is 0 Å². The van der Waals surface area contributed by atoms with E-state index in [2.05, 4.69) is 17.2 Å². The molecular weight excluding hydrogens is 389 g/mol. The lowest BCUT2D eigenvalue weighted by Gasteiger charge is -2.11. The van der Waals surface area contributed by atoms with E-state index in [1.165, 1.54) is 35.0 Å². The van der Waals surface area contributed by atoms with E-state index in [0.717, 1.165) is 6.07 Å². The van der Waals surface area contributed by atoms with E-state index in [4.69, 9.17) is 16.3 Å². The normalized spacial score (nSPS) is 10.2. The fraction of sp³-hybridized carbons (Fsp3) is 0.211. The van der Waals surface area contributed by atoms with Crippen LogP contribution in [0.1, 0.15) is 16.8 Å². The van der Waals surface area contributed by atoms with Crippen LogP contribution in [0.4, 0.5) is 4.39 Å². The van der Waals surface area contributed by atoms with Crippen molar-refractivity contribution in [2.24, 2.45) is 7.05 Å². The number of amides is 2. The van der Waals surface area contributed by atoms with E-state index in [1.807, 2.05) is 0 Å². The van der Waals surface area contributed by atoms with Crippen molar-refractivity contribution in [1.29, 1.82) is 0 Å². The summed E-state index contributed by atoms with van der Waals surface area (Å²) in [4.78, 5) is 35.2. The second-order valence-corrected chi connectivity index (χ2v) is 6.30. The SMILES string of the molecule is C=C(CCNC(=O)c1ccc(=O)n(C)c1)NC(=O)COc1ccc(Cl)c(F)c1. The first-order valence-electron chi connectivity index (χ1n) is 8.26. The first-order chi connectivity index (χ1) is 13.3. The molecule has 0 saturated heterocycles. The Labute approximate surface area is 165 Å². The van der Waals surface area contributed by atoms with Crippen molar-refractivity contribution in [3.05, 3.63) is 75.6 Å². The Morgan fingerprint density at radius 2 is 2.04 bits per heavy atom. The summed E-state index contributed by atoms with van der Waals surface area (Å²) in [7, 11) is 1.55. The molecule has 28 heavy (non-hydrogen) atoms. The summed E-state index contributed by atoms with van der Waals surface area (Å²) >= 11 is 5.57. The molecule has 0 aliphatic heterocycles. The molecule has 1 aromatic carbocycles. The number of ether oxygens (including phenoxy) is 1. The number of hydrogen-bond acceptors (Lipinski definition) is 4. The van der Waals surface area contributed by atoms with Crippen LogP contribution in [0.15, 0.2) is 53.6 Å². The van der Waals surface area contributed by atoms with Crippen LogP contribution in [-0.4, -0.2) is 29.5 Å². The number of carbonyl (C=O) groups is 2. The molecule has 0 aliphatic rings. The van der Waals surface area contributed by atoms with Crippen molar-refractivity contribution < 1.29 is 18.7 Å². The van der Waals surface area contributed by atoms with E-state index in [9.17, 15) is 18.8 Å². The molecule has 1 aromatic heterocycles. The van der Waals surface area contributed by atoms with Crippen LogP contribution in [0.3, 0.4) is 0 Å². The highest BCUT2D eigenvalue weighted by Gasteiger charge is 2.09. The van der Waals surface area contributed by atoms with Crippen LogP contribution in [0, 0.1) is 5.82 Å². The van der Waals surface area contributed by atoms with Gasteiger partial charge in [0, 0.05) is 44.0 Å². The molecule has 7 nitrogen and oxygen atoms in total. The van der Waals surface area contributed by atoms with Gasteiger partial charge in [-0.3, -0.25) is 14.4 Å². The zero-order chi connectivity index (χ0) is 20.7. The third-order valence-corrected chi connectivity index (χ3v) is 3.94. The molecule has 0 radical (unpaired) electrons. The number of nitrogens with one attached hydrogen (secondary N) is 2. The Bertz CT molecular complexity index is 958. The molecule has 148 valence electrons. The predicted molar refractivity (Wildman–Crippen MR) is 103 cm³/mol. The Kier molecular flexibility index (Phi) is 7.34. The van der Waals surface area contributed by atoms with Crippen molar-refractivity contribution in [1.82, 2.24) is 15.2 Å². The number of carbonyl (C=O) groups excluding carboxylic acids is 2. The lowest BCUT2D eigenvalue weighted by atomic mass is 10.2. The van der Waals surface area contributed by atoms with Gasteiger partial charge in [-0.1, -0.05) is 18.2 Å². The molecule has 0 unspecified atom stereocenters. The summed E-state index contributed by atoms with van der Waals surface area (Å²) in [6.07, 6.45) is 1.74. The predicted octanol–water partition coefficient (Wildman–Crippen LogP) is 2.01. The van der Waals surface area contributed by atoms with Crippen LogP contribution < -0.4 is 20.9 Å². The van der Waals surface area contributed by atoms with Gasteiger partial charge in [0.25, 0.3) is 11.8 Å². The number of nitrogens with zero attached hydrogens (tertiary/aromatic N) is 1. The number of benzene rings is 1. The highest BCUT2D eigenvalue weighted by molar-refractivity contribution is 6.30. The number of pyridine rings is 1. The smallest absolute Gasteiger partial charge is 0.262 e. The summed E-state index contributed by atoms with van der Waals surface area (Å²) < 4.78 is 19.8. The molecule has 2 N–H and O–H groups in total. The number of rotatable bonds is 8. The molecule has 0 atom stereocenters. The molecule has 0 spiro atoms. The number of aryl methyl sites for hydroxylation is 1. The molecule has 9 heteroatoms. The molecule has 0 aliphatic carbocycles. The summed E-state index contributed by atoms with van der Waals surface area (Å²) in [5.74, 6) is -1.28. The van der Waals surface area contributed by atoms with Crippen molar-refractivity contribution in [3.8, 4) is 5.75 Å². The van der Waals surface area contributed by atoms with Crippen LogP contribution in [0.25, 0.3) is 0 Å². The zero-order valence-corrected chi connectivity index (χ0v) is 15.9. The number of halogens is 2. The molecule has 1 heterocycles. The van der Waals surface area contributed by atoms with Crippen LogP contribution in [-0.2, 0) is 11.8 Å². The summed E-state index contributed by atoms with van der Waals surface area (Å²) in [5, 5.41) is 5.16. The topological polar surface area (TPSA) is 89.4 Å². The highest BCUT2D eigenvalue weighted by Crippen LogP contribution is 2.20. The second kappa shape index (κ2) is 9.70. The summed E-state index contributed by atoms with van der Waals surface area (Å²) in [6.45, 7) is 3.62. The lowest BCUT2D eigenvalue weighted by molar-refractivity contribution is -0.122. The third kappa shape index (κ3) is 6.24. The van der Waals surface area contributed by atoms with Gasteiger partial charge >= 0.3 is 0 Å². The van der Waals surface area contributed by atoms with Gasteiger partial charge in [-0.05, 0) is 18.2 Å². The van der Waals surface area contributed by atoms with Gasteiger partial charge in [0.1, 0.15) is 11.6 Å². The fourth-order valence-electron chi connectivity index (χ4n) is 2.17. The minimum atomic E-state index is -0.641. The zero-order valence-electron chi connectivity index (χ0n) is 15.1. The van der Waals surface area contributed by atoms with E-state index in [0.29, 0.717) is 17.7 Å². The molecular formula is C19H19ClFN3O4. The standard InChI is InChI=1S/C19H19ClFN3O4/c1-12(7-8-22-19(27)13-3-6-18(26)24(2)10-13)23-17(25)11-28-14-4-5-15(20)16(21)9-14/h3-6,9-10H,1,7-8,11H2,2H3,(H,22,27)(H,23,25). The van der Waals surface area contributed by atoms with Crippen LogP contribution in [0.2, 0.25) is 5.02 Å². The lowest BCUT2D eigenvalue weighted by Crippen LogP contribution is -2.31. The Morgan fingerprint density at radius 3 is 2.71 bits per heavy atom. The van der Waals surface area contributed by atoms with Crippen LogP contribution in [0.5, 0.6) is 5.75 Å². The largest absolute Gasteiger partial charge is 0.484 e. The maximum atomic E-state index is 13.3. The number of hydrogen-bond donors (Lipinski definition) is 2. The maximum absolute atomic E-state index is 13.3. The molecule has 0 fully saturated rings.